The van der Waals surface area contributed by atoms with Crippen LogP contribution in [0.5, 0.6) is 0 Å². The molecule has 2 saturated heterocycles. The fraction of sp³-hybridized carbons (Fsp3) is 0.475. The zero-order valence-electron chi connectivity index (χ0n) is 29.2. The second-order valence-corrected chi connectivity index (χ2v) is 13.2. The van der Waals surface area contributed by atoms with Crippen molar-refractivity contribution >= 4 is 23.6 Å². The van der Waals surface area contributed by atoms with Gasteiger partial charge in [0, 0.05) is 64.3 Å². The predicted octanol–water partition coefficient (Wildman–Crippen LogP) is 6.20. The lowest BCUT2D eigenvalue weighted by Gasteiger charge is -2.34. The van der Waals surface area contributed by atoms with E-state index in [1.165, 1.54) is 5.56 Å². The molecule has 1 unspecified atom stereocenters. The number of likely N-dealkylation sites (tertiary alicyclic amines) is 2. The van der Waals surface area contributed by atoms with Crippen LogP contribution in [0.4, 0.5) is 10.5 Å². The summed E-state index contributed by atoms with van der Waals surface area (Å²) >= 11 is 0. The summed E-state index contributed by atoms with van der Waals surface area (Å²) in [7, 11) is 0. The Morgan fingerprint density at radius 2 is 1.51 bits per heavy atom. The summed E-state index contributed by atoms with van der Waals surface area (Å²) in [4.78, 5) is 44.8. The van der Waals surface area contributed by atoms with E-state index in [9.17, 15) is 14.4 Å². The average Bonchev–Trinajstić information content (AvgIpc) is 3.13. The van der Waals surface area contributed by atoms with Crippen molar-refractivity contribution in [1.29, 1.82) is 0 Å². The summed E-state index contributed by atoms with van der Waals surface area (Å²) in [6.07, 6.45) is 4.18. The number of hydrogen-bond acceptors (Lipinski definition) is 6. The molecule has 262 valence electrons. The second kappa shape index (κ2) is 18.5. The summed E-state index contributed by atoms with van der Waals surface area (Å²) in [6, 6.07) is 26.3. The van der Waals surface area contributed by atoms with Crippen molar-refractivity contribution in [3.63, 3.8) is 0 Å². The Bertz CT molecular complexity index is 1490. The van der Waals surface area contributed by atoms with Gasteiger partial charge >= 0.3 is 6.09 Å². The minimum Gasteiger partial charge on any atom is -0.446 e. The van der Waals surface area contributed by atoms with E-state index >= 15 is 0 Å². The first-order valence-electron chi connectivity index (χ1n) is 18.1. The Kier molecular flexibility index (Phi) is 13.6. The number of carbonyl (C=O) groups is 3. The molecular formula is C40H53N5O4. The van der Waals surface area contributed by atoms with Crippen LogP contribution in [0.3, 0.4) is 0 Å². The first kappa shape index (κ1) is 36.1. The molecule has 2 fully saturated rings. The van der Waals surface area contributed by atoms with Crippen molar-refractivity contribution in [2.45, 2.75) is 65.0 Å². The van der Waals surface area contributed by atoms with Gasteiger partial charge in [0.15, 0.2) is 0 Å². The molecule has 3 amide bonds. The largest absolute Gasteiger partial charge is 0.446 e. The molecule has 3 aromatic carbocycles. The van der Waals surface area contributed by atoms with Gasteiger partial charge in [0.1, 0.15) is 6.10 Å². The minimum absolute atomic E-state index is 0.0620. The molecule has 0 saturated carbocycles. The first-order chi connectivity index (χ1) is 23.9. The van der Waals surface area contributed by atoms with Gasteiger partial charge in [-0.15, -0.1) is 0 Å². The smallest absolute Gasteiger partial charge is 0.411 e. The van der Waals surface area contributed by atoms with E-state index in [4.69, 9.17) is 4.74 Å². The van der Waals surface area contributed by atoms with Crippen LogP contribution in [-0.2, 0) is 27.3 Å². The number of carbonyl (C=O) groups excluding carboxylic acids is 3. The Morgan fingerprint density at radius 3 is 2.24 bits per heavy atom. The molecule has 0 aliphatic carbocycles. The SMILES string of the molecule is CCN(CC)C(=O)C1CCCN(Cc2ccc(CCC(=O)NCCN3CCC(OC(=O)Nc4ccccc4-c4ccccc4)CC3)cc2)C1. The summed E-state index contributed by atoms with van der Waals surface area (Å²) in [5, 5.41) is 6.00. The number of benzene rings is 3. The van der Waals surface area contributed by atoms with E-state index in [0.29, 0.717) is 25.3 Å². The Morgan fingerprint density at radius 1 is 0.816 bits per heavy atom. The molecule has 5 rings (SSSR count). The van der Waals surface area contributed by atoms with Gasteiger partial charge in [-0.25, -0.2) is 4.79 Å². The molecule has 49 heavy (non-hydrogen) atoms. The summed E-state index contributed by atoms with van der Waals surface area (Å²) < 4.78 is 5.76. The standard InChI is InChI=1S/C40H53N5O4/c1-3-45(4-2)39(47)34-13-10-25-44(30-34)29-32-18-16-31(17-19-32)20-21-38(46)41-24-28-43-26-22-35(23-27-43)49-40(48)42-37-15-9-8-14-36(37)33-11-6-5-7-12-33/h5-9,11-12,14-19,34-35H,3-4,10,13,20-30H2,1-2H3,(H,41,46)(H,42,48). The zero-order chi connectivity index (χ0) is 34.4. The fourth-order valence-electron chi connectivity index (χ4n) is 6.97. The molecule has 1 atom stereocenters. The normalized spacial score (nSPS) is 17.3. The Balaban J connectivity index is 0.948. The first-order valence-corrected chi connectivity index (χ1v) is 18.1. The highest BCUT2D eigenvalue weighted by atomic mass is 16.6. The van der Waals surface area contributed by atoms with Crippen molar-refractivity contribution in [2.75, 3.05) is 57.7 Å². The highest BCUT2D eigenvalue weighted by Gasteiger charge is 2.28. The number of piperidine rings is 2. The molecule has 2 aliphatic rings. The lowest BCUT2D eigenvalue weighted by Crippen LogP contribution is -2.44. The van der Waals surface area contributed by atoms with Crippen molar-refractivity contribution in [3.05, 3.63) is 90.0 Å². The van der Waals surface area contributed by atoms with Crippen molar-refractivity contribution in [2.24, 2.45) is 5.92 Å². The highest BCUT2D eigenvalue weighted by molar-refractivity contribution is 5.91. The number of nitrogens with one attached hydrogen (secondary N) is 2. The number of anilines is 1. The average molecular weight is 668 g/mol. The number of hydrogen-bond donors (Lipinski definition) is 2. The van der Waals surface area contributed by atoms with E-state index in [2.05, 4.69) is 44.7 Å². The van der Waals surface area contributed by atoms with E-state index < -0.39 is 6.09 Å². The molecule has 0 radical (unpaired) electrons. The van der Waals surface area contributed by atoms with Crippen LogP contribution < -0.4 is 10.6 Å². The van der Waals surface area contributed by atoms with Gasteiger partial charge in [-0.2, -0.15) is 0 Å². The van der Waals surface area contributed by atoms with E-state index in [1.807, 2.05) is 73.3 Å². The molecule has 9 heteroatoms. The van der Waals surface area contributed by atoms with E-state index in [-0.39, 0.29) is 17.9 Å². The Labute approximate surface area is 292 Å². The summed E-state index contributed by atoms with van der Waals surface area (Å²) in [5.74, 6) is 0.452. The fourth-order valence-corrected chi connectivity index (χ4v) is 6.97. The minimum atomic E-state index is -0.428. The van der Waals surface area contributed by atoms with Crippen LogP contribution in [0.25, 0.3) is 11.1 Å². The number of amides is 3. The maximum atomic E-state index is 12.9. The van der Waals surface area contributed by atoms with Gasteiger partial charge in [0.2, 0.25) is 11.8 Å². The maximum absolute atomic E-state index is 12.9. The third-order valence-electron chi connectivity index (χ3n) is 9.81. The van der Waals surface area contributed by atoms with Crippen LogP contribution in [0.15, 0.2) is 78.9 Å². The molecule has 3 aromatic rings. The maximum Gasteiger partial charge on any atom is 0.411 e. The van der Waals surface area contributed by atoms with Crippen molar-refractivity contribution in [3.8, 4) is 11.1 Å². The molecular weight excluding hydrogens is 614 g/mol. The van der Waals surface area contributed by atoms with E-state index in [1.54, 1.807) is 0 Å². The predicted molar refractivity (Wildman–Crippen MR) is 195 cm³/mol. The molecule has 2 N–H and O–H groups in total. The van der Waals surface area contributed by atoms with Gasteiger partial charge in [-0.3, -0.25) is 19.8 Å². The van der Waals surface area contributed by atoms with Gasteiger partial charge in [0.25, 0.3) is 0 Å². The lowest BCUT2D eigenvalue weighted by atomic mass is 9.96. The van der Waals surface area contributed by atoms with Crippen LogP contribution in [-0.4, -0.2) is 91.1 Å². The molecule has 0 spiro atoms. The summed E-state index contributed by atoms with van der Waals surface area (Å²) in [5.41, 5.74) is 5.13. The Hall–Kier alpha value is -4.21. The lowest BCUT2D eigenvalue weighted by molar-refractivity contribution is -0.137. The van der Waals surface area contributed by atoms with Gasteiger partial charge in [-0.05, 0) is 75.3 Å². The number of para-hydroxylation sites is 1. The van der Waals surface area contributed by atoms with Crippen LogP contribution >= 0.6 is 0 Å². The number of rotatable bonds is 14. The van der Waals surface area contributed by atoms with Crippen LogP contribution in [0, 0.1) is 5.92 Å². The molecule has 0 bridgehead atoms. The highest BCUT2D eigenvalue weighted by Crippen LogP contribution is 2.28. The number of aryl methyl sites for hydroxylation is 1. The topological polar surface area (TPSA) is 94.2 Å². The van der Waals surface area contributed by atoms with Gasteiger partial charge in [-0.1, -0.05) is 72.8 Å². The van der Waals surface area contributed by atoms with Crippen LogP contribution in [0.2, 0.25) is 0 Å². The van der Waals surface area contributed by atoms with E-state index in [0.717, 1.165) is 100 Å². The third kappa shape index (κ3) is 10.9. The quantitative estimate of drug-likeness (QED) is 0.213. The van der Waals surface area contributed by atoms with Gasteiger partial charge in [0.05, 0.1) is 11.6 Å². The van der Waals surface area contributed by atoms with Crippen molar-refractivity contribution in [1.82, 2.24) is 20.0 Å². The molecule has 9 nitrogen and oxygen atoms in total. The molecule has 2 aliphatic heterocycles. The third-order valence-corrected chi connectivity index (χ3v) is 9.81. The summed E-state index contributed by atoms with van der Waals surface area (Å²) in [6.45, 7) is 11.4. The zero-order valence-corrected chi connectivity index (χ0v) is 29.2. The second-order valence-electron chi connectivity index (χ2n) is 13.2. The van der Waals surface area contributed by atoms with Crippen LogP contribution in [0.1, 0.15) is 57.1 Å². The number of ether oxygens (including phenoxy) is 1. The van der Waals surface area contributed by atoms with Gasteiger partial charge < -0.3 is 19.9 Å². The molecule has 0 aromatic heterocycles. The van der Waals surface area contributed by atoms with Crippen molar-refractivity contribution < 1.29 is 19.1 Å². The molecule has 2 heterocycles. The number of nitrogens with zero attached hydrogens (tertiary/aromatic N) is 3. The monoisotopic (exact) mass is 667 g/mol.